The minimum atomic E-state index is -0.215. The number of aromatic nitrogens is 2. The van der Waals surface area contributed by atoms with E-state index in [1.807, 2.05) is 30.3 Å². The Balaban J connectivity index is 2.08. The van der Waals surface area contributed by atoms with Gasteiger partial charge >= 0.3 is 5.97 Å². The second-order valence-corrected chi connectivity index (χ2v) is 3.57. The molecule has 0 bridgehead atoms. The van der Waals surface area contributed by atoms with Crippen LogP contribution >= 0.6 is 0 Å². The Morgan fingerprint density at radius 1 is 1.47 bits per heavy atom. The van der Waals surface area contributed by atoms with Crippen LogP contribution in [0, 0.1) is 0 Å². The maximum atomic E-state index is 11.1. The highest BCUT2D eigenvalue weighted by molar-refractivity contribution is 5.86. The van der Waals surface area contributed by atoms with E-state index in [1.165, 1.54) is 0 Å². The van der Waals surface area contributed by atoms with Gasteiger partial charge in [-0.15, -0.1) is 0 Å². The molecule has 88 valence electrons. The van der Waals surface area contributed by atoms with Crippen LogP contribution in [0.15, 0.2) is 30.3 Å². The first-order valence-electron chi connectivity index (χ1n) is 5.56. The Bertz CT molecular complexity index is 543. The smallest absolute Gasteiger partial charge is 0.309 e. The molecule has 1 N–H and O–H groups in total. The molecule has 4 heteroatoms. The van der Waals surface area contributed by atoms with E-state index in [0.29, 0.717) is 6.61 Å². The number of H-pyrrole nitrogens is 1. The summed E-state index contributed by atoms with van der Waals surface area (Å²) in [6, 6.07) is 7.83. The number of hydrogen-bond acceptors (Lipinski definition) is 3. The molecule has 4 nitrogen and oxygen atoms in total. The zero-order valence-corrected chi connectivity index (χ0v) is 9.64. The number of rotatable bonds is 4. The minimum absolute atomic E-state index is 0.215. The Kier molecular flexibility index (Phi) is 3.55. The van der Waals surface area contributed by atoms with Crippen molar-refractivity contribution < 1.29 is 9.53 Å². The maximum Gasteiger partial charge on any atom is 0.309 e. The molecule has 0 saturated carbocycles. The zero-order chi connectivity index (χ0) is 12.1. The van der Waals surface area contributed by atoms with Crippen LogP contribution in [-0.4, -0.2) is 22.8 Å². The van der Waals surface area contributed by atoms with Gasteiger partial charge in [0.25, 0.3) is 0 Å². The molecule has 1 heterocycles. The van der Waals surface area contributed by atoms with Crippen molar-refractivity contribution in [1.82, 2.24) is 10.2 Å². The number of aromatic amines is 1. The Morgan fingerprint density at radius 2 is 2.29 bits per heavy atom. The van der Waals surface area contributed by atoms with E-state index in [2.05, 4.69) is 10.2 Å². The lowest BCUT2D eigenvalue weighted by Gasteiger charge is -1.96. The Morgan fingerprint density at radius 3 is 3.12 bits per heavy atom. The summed E-state index contributed by atoms with van der Waals surface area (Å²) in [5, 5.41) is 8.14. The number of carbonyl (C=O) groups is 1. The third-order valence-electron chi connectivity index (χ3n) is 2.37. The normalized spacial score (nSPS) is 11.1. The largest absolute Gasteiger partial charge is 0.466 e. The highest BCUT2D eigenvalue weighted by Gasteiger charge is 2.01. The number of para-hydroxylation sites is 1. The van der Waals surface area contributed by atoms with E-state index >= 15 is 0 Å². The molecule has 0 saturated heterocycles. The van der Waals surface area contributed by atoms with Crippen LogP contribution in [0.25, 0.3) is 17.0 Å². The minimum Gasteiger partial charge on any atom is -0.466 e. The average molecular weight is 230 g/mol. The topological polar surface area (TPSA) is 55.0 Å². The standard InChI is InChI=1S/C13H14N2O2/c1-2-17-13(16)9-5-8-12-10-6-3-4-7-11(10)14-15-12/h3-8H,2,9H2,1H3,(H,14,15). The lowest BCUT2D eigenvalue weighted by Crippen LogP contribution is -2.01. The van der Waals surface area contributed by atoms with Crippen LogP contribution in [0.1, 0.15) is 19.0 Å². The van der Waals surface area contributed by atoms with Gasteiger partial charge in [-0.05, 0) is 19.1 Å². The van der Waals surface area contributed by atoms with Gasteiger partial charge in [0.05, 0.1) is 24.2 Å². The van der Waals surface area contributed by atoms with E-state index in [0.717, 1.165) is 16.6 Å². The van der Waals surface area contributed by atoms with Crippen molar-refractivity contribution in [1.29, 1.82) is 0 Å². The van der Waals surface area contributed by atoms with Crippen LogP contribution in [0.2, 0.25) is 0 Å². The molecular weight excluding hydrogens is 216 g/mol. The number of carbonyl (C=O) groups excluding carboxylic acids is 1. The predicted molar refractivity (Wildman–Crippen MR) is 66.4 cm³/mol. The first-order chi connectivity index (χ1) is 8.31. The lowest BCUT2D eigenvalue weighted by molar-refractivity contribution is -0.142. The zero-order valence-electron chi connectivity index (χ0n) is 9.64. The van der Waals surface area contributed by atoms with Crippen molar-refractivity contribution in [3.05, 3.63) is 36.0 Å². The van der Waals surface area contributed by atoms with E-state index in [-0.39, 0.29) is 12.4 Å². The molecule has 0 fully saturated rings. The highest BCUT2D eigenvalue weighted by atomic mass is 16.5. The monoisotopic (exact) mass is 230 g/mol. The molecule has 1 aromatic carbocycles. The Labute approximate surface area is 99.3 Å². The first kappa shape index (κ1) is 11.4. The molecule has 0 spiro atoms. The van der Waals surface area contributed by atoms with Gasteiger partial charge in [0.15, 0.2) is 0 Å². The van der Waals surface area contributed by atoms with Crippen LogP contribution < -0.4 is 0 Å². The summed E-state index contributed by atoms with van der Waals surface area (Å²) in [6.45, 7) is 2.21. The fourth-order valence-electron chi connectivity index (χ4n) is 1.60. The van der Waals surface area contributed by atoms with Gasteiger partial charge in [-0.25, -0.2) is 0 Å². The van der Waals surface area contributed by atoms with Crippen LogP contribution in [-0.2, 0) is 9.53 Å². The highest BCUT2D eigenvalue weighted by Crippen LogP contribution is 2.16. The fourth-order valence-corrected chi connectivity index (χ4v) is 1.60. The maximum absolute atomic E-state index is 11.1. The van der Waals surface area contributed by atoms with Crippen molar-refractivity contribution in [3.63, 3.8) is 0 Å². The predicted octanol–water partition coefficient (Wildman–Crippen LogP) is 2.53. The quantitative estimate of drug-likeness (QED) is 0.821. The summed E-state index contributed by atoms with van der Waals surface area (Å²) in [6.07, 6.45) is 3.91. The molecular formula is C13H14N2O2. The van der Waals surface area contributed by atoms with Gasteiger partial charge in [-0.3, -0.25) is 9.89 Å². The van der Waals surface area contributed by atoms with E-state index in [4.69, 9.17) is 4.74 Å². The van der Waals surface area contributed by atoms with E-state index in [9.17, 15) is 4.79 Å². The van der Waals surface area contributed by atoms with Crippen molar-refractivity contribution in [3.8, 4) is 0 Å². The molecule has 0 atom stereocenters. The Hall–Kier alpha value is -2.10. The summed E-state index contributed by atoms with van der Waals surface area (Å²) in [4.78, 5) is 11.1. The molecule has 2 aromatic rings. The fraction of sp³-hybridized carbons (Fsp3) is 0.231. The molecule has 0 aliphatic rings. The van der Waals surface area contributed by atoms with Crippen molar-refractivity contribution in [2.24, 2.45) is 0 Å². The van der Waals surface area contributed by atoms with Crippen LogP contribution in [0.3, 0.4) is 0 Å². The summed E-state index contributed by atoms with van der Waals surface area (Å²) < 4.78 is 4.83. The van der Waals surface area contributed by atoms with E-state index < -0.39 is 0 Å². The van der Waals surface area contributed by atoms with Gasteiger partial charge in [0, 0.05) is 5.39 Å². The number of ether oxygens (including phenoxy) is 1. The van der Waals surface area contributed by atoms with Gasteiger partial charge < -0.3 is 4.74 Å². The summed E-state index contributed by atoms with van der Waals surface area (Å²) >= 11 is 0. The molecule has 0 aliphatic carbocycles. The summed E-state index contributed by atoms with van der Waals surface area (Å²) in [5.74, 6) is -0.215. The lowest BCUT2D eigenvalue weighted by atomic mass is 10.2. The van der Waals surface area contributed by atoms with Crippen molar-refractivity contribution >= 4 is 22.9 Å². The molecule has 0 radical (unpaired) electrons. The molecule has 17 heavy (non-hydrogen) atoms. The number of benzene rings is 1. The molecule has 0 amide bonds. The third kappa shape index (κ3) is 2.72. The average Bonchev–Trinajstić information content (AvgIpc) is 2.73. The number of nitrogens with one attached hydrogen (secondary N) is 1. The molecule has 0 unspecified atom stereocenters. The number of fused-ring (bicyclic) bond motifs is 1. The second-order valence-electron chi connectivity index (χ2n) is 3.57. The third-order valence-corrected chi connectivity index (χ3v) is 2.37. The van der Waals surface area contributed by atoms with Gasteiger partial charge in [-0.1, -0.05) is 24.3 Å². The second kappa shape index (κ2) is 5.30. The van der Waals surface area contributed by atoms with Crippen LogP contribution in [0.4, 0.5) is 0 Å². The molecule has 0 aliphatic heterocycles. The van der Waals surface area contributed by atoms with Crippen LogP contribution in [0.5, 0.6) is 0 Å². The summed E-state index contributed by atoms with van der Waals surface area (Å²) in [5.41, 5.74) is 1.83. The number of hydrogen-bond donors (Lipinski definition) is 1. The molecule has 2 rings (SSSR count). The van der Waals surface area contributed by atoms with Crippen molar-refractivity contribution in [2.75, 3.05) is 6.61 Å². The van der Waals surface area contributed by atoms with E-state index in [1.54, 1.807) is 13.0 Å². The van der Waals surface area contributed by atoms with Gasteiger partial charge in [-0.2, -0.15) is 5.10 Å². The summed E-state index contributed by atoms with van der Waals surface area (Å²) in [7, 11) is 0. The molecule has 1 aromatic heterocycles. The number of esters is 1. The SMILES string of the molecule is CCOC(=O)CC=Cc1[nH]nc2ccccc12. The number of nitrogens with zero attached hydrogens (tertiary/aromatic N) is 1. The first-order valence-corrected chi connectivity index (χ1v) is 5.56. The van der Waals surface area contributed by atoms with Gasteiger partial charge in [0.1, 0.15) is 0 Å². The van der Waals surface area contributed by atoms with Gasteiger partial charge in [0.2, 0.25) is 0 Å². The van der Waals surface area contributed by atoms with Crippen molar-refractivity contribution in [2.45, 2.75) is 13.3 Å².